The average molecular weight is 392 g/mol. The summed E-state index contributed by atoms with van der Waals surface area (Å²) in [6.45, 7) is 4.31. The minimum Gasteiger partial charge on any atom is -0.352 e. The van der Waals surface area contributed by atoms with Gasteiger partial charge >= 0.3 is 6.03 Å². The summed E-state index contributed by atoms with van der Waals surface area (Å²) in [7, 11) is 0. The van der Waals surface area contributed by atoms with E-state index in [9.17, 15) is 14.0 Å². The molecule has 0 aliphatic carbocycles. The van der Waals surface area contributed by atoms with Crippen molar-refractivity contribution in [2.75, 3.05) is 18.4 Å². The highest BCUT2D eigenvalue weighted by atomic mass is 32.2. The molecule has 0 aromatic heterocycles. The monoisotopic (exact) mass is 392 g/mol. The van der Waals surface area contributed by atoms with Gasteiger partial charge in [-0.15, -0.1) is 0 Å². The molecular formula is C17H21FN6O2S. The first kappa shape index (κ1) is 19.4. The summed E-state index contributed by atoms with van der Waals surface area (Å²) in [4.78, 5) is 25.1. The Bertz CT molecular complexity index is 785. The van der Waals surface area contributed by atoms with E-state index in [2.05, 4.69) is 27.3 Å². The first-order valence-corrected chi connectivity index (χ1v) is 9.39. The number of nitrogens with zero attached hydrogens (tertiary/aromatic N) is 2. The topological polar surface area (TPSA) is 109 Å². The average Bonchev–Trinajstić information content (AvgIpc) is 2.62. The molecule has 4 N–H and O–H groups in total. The summed E-state index contributed by atoms with van der Waals surface area (Å²) >= 11 is 1.03. The van der Waals surface area contributed by atoms with Crippen molar-refractivity contribution in [1.29, 1.82) is 5.26 Å². The largest absolute Gasteiger partial charge is 0.352 e. The summed E-state index contributed by atoms with van der Waals surface area (Å²) in [6, 6.07) is 5.67. The molecular weight excluding hydrogens is 371 g/mol. The van der Waals surface area contributed by atoms with Crippen molar-refractivity contribution in [3.8, 4) is 6.07 Å². The van der Waals surface area contributed by atoms with Crippen molar-refractivity contribution in [3.63, 3.8) is 0 Å². The van der Waals surface area contributed by atoms with Crippen LogP contribution in [0.4, 0.5) is 14.9 Å². The molecule has 144 valence electrons. The van der Waals surface area contributed by atoms with Gasteiger partial charge in [-0.05, 0) is 44.0 Å². The van der Waals surface area contributed by atoms with Crippen LogP contribution in [0.2, 0.25) is 0 Å². The van der Waals surface area contributed by atoms with E-state index in [-0.39, 0.29) is 30.5 Å². The maximum atomic E-state index is 13.4. The Morgan fingerprint density at radius 3 is 3.04 bits per heavy atom. The van der Waals surface area contributed by atoms with Gasteiger partial charge in [-0.3, -0.25) is 19.7 Å². The zero-order valence-corrected chi connectivity index (χ0v) is 15.8. The fraction of sp³-hybridized carbons (Fsp3) is 0.471. The third-order valence-corrected chi connectivity index (χ3v) is 5.75. The highest BCUT2D eigenvalue weighted by molar-refractivity contribution is 7.97. The van der Waals surface area contributed by atoms with Crippen LogP contribution in [0.25, 0.3) is 0 Å². The number of carbonyl (C=O) groups is 2. The van der Waals surface area contributed by atoms with Crippen LogP contribution in [0.1, 0.15) is 13.8 Å². The van der Waals surface area contributed by atoms with Crippen LogP contribution in [0.5, 0.6) is 0 Å². The first-order valence-electron chi connectivity index (χ1n) is 8.62. The second-order valence-electron chi connectivity index (χ2n) is 6.64. The molecule has 3 amide bonds. The van der Waals surface area contributed by atoms with Gasteiger partial charge in [0.2, 0.25) is 5.91 Å². The van der Waals surface area contributed by atoms with E-state index >= 15 is 0 Å². The maximum absolute atomic E-state index is 13.4. The molecule has 2 aliphatic rings. The molecule has 1 aromatic carbocycles. The molecule has 27 heavy (non-hydrogen) atoms. The fourth-order valence-corrected chi connectivity index (χ4v) is 4.15. The van der Waals surface area contributed by atoms with E-state index in [4.69, 9.17) is 5.26 Å². The number of fused-ring (bicyclic) bond motifs is 1. The Hall–Kier alpha value is -2.35. The molecule has 0 radical (unpaired) electrons. The lowest BCUT2D eigenvalue weighted by Crippen LogP contribution is -2.61. The number of anilines is 1. The molecule has 2 heterocycles. The smallest absolute Gasteiger partial charge is 0.332 e. The predicted molar refractivity (Wildman–Crippen MR) is 99.1 cm³/mol. The molecule has 2 aliphatic heterocycles. The Balaban J connectivity index is 1.56. The number of hydrogen-bond acceptors (Lipinski definition) is 6. The van der Waals surface area contributed by atoms with E-state index < -0.39 is 18.0 Å². The lowest BCUT2D eigenvalue weighted by molar-refractivity contribution is -0.121. The Morgan fingerprint density at radius 2 is 2.33 bits per heavy atom. The van der Waals surface area contributed by atoms with E-state index in [0.29, 0.717) is 17.1 Å². The quantitative estimate of drug-likeness (QED) is 0.574. The Morgan fingerprint density at radius 1 is 1.56 bits per heavy atom. The highest BCUT2D eigenvalue weighted by Gasteiger charge is 2.32. The second-order valence-corrected chi connectivity index (χ2v) is 7.71. The first-order chi connectivity index (χ1) is 12.9. The van der Waals surface area contributed by atoms with E-state index in [0.717, 1.165) is 11.9 Å². The van der Waals surface area contributed by atoms with Crippen LogP contribution in [0.15, 0.2) is 23.1 Å². The van der Waals surface area contributed by atoms with Crippen molar-refractivity contribution in [3.05, 3.63) is 24.0 Å². The van der Waals surface area contributed by atoms with E-state index in [1.165, 1.54) is 22.5 Å². The Kier molecular flexibility index (Phi) is 5.84. The minimum absolute atomic E-state index is 0.0497. The van der Waals surface area contributed by atoms with Gasteiger partial charge in [0.1, 0.15) is 18.5 Å². The molecule has 3 unspecified atom stereocenters. The summed E-state index contributed by atoms with van der Waals surface area (Å²) in [5.74, 6) is -0.617. The third-order valence-electron chi connectivity index (χ3n) is 4.70. The minimum atomic E-state index is -0.423. The van der Waals surface area contributed by atoms with Crippen molar-refractivity contribution in [2.24, 2.45) is 5.92 Å². The van der Waals surface area contributed by atoms with Gasteiger partial charge in [0, 0.05) is 24.5 Å². The van der Waals surface area contributed by atoms with Crippen LogP contribution >= 0.6 is 11.9 Å². The molecule has 1 saturated heterocycles. The maximum Gasteiger partial charge on any atom is 0.332 e. The van der Waals surface area contributed by atoms with Crippen molar-refractivity contribution < 1.29 is 14.0 Å². The number of benzene rings is 1. The molecule has 3 rings (SSSR count). The van der Waals surface area contributed by atoms with Crippen LogP contribution in [-0.2, 0) is 4.79 Å². The number of urea groups is 1. The summed E-state index contributed by atoms with van der Waals surface area (Å²) in [6.07, 6.45) is -0.395. The molecule has 1 fully saturated rings. The van der Waals surface area contributed by atoms with Crippen molar-refractivity contribution >= 4 is 29.6 Å². The summed E-state index contributed by atoms with van der Waals surface area (Å²) in [5, 5.41) is 20.7. The van der Waals surface area contributed by atoms with Gasteiger partial charge in [-0.1, -0.05) is 0 Å². The third kappa shape index (κ3) is 4.50. The molecule has 0 bridgehead atoms. The van der Waals surface area contributed by atoms with Gasteiger partial charge in [-0.25, -0.2) is 9.18 Å². The van der Waals surface area contributed by atoms with Crippen molar-refractivity contribution in [2.45, 2.75) is 37.0 Å². The van der Waals surface area contributed by atoms with Crippen LogP contribution in [0, 0.1) is 23.1 Å². The number of nitriles is 1. The number of rotatable bonds is 4. The number of amides is 3. The van der Waals surface area contributed by atoms with Gasteiger partial charge < -0.3 is 10.6 Å². The lowest BCUT2D eigenvalue weighted by Gasteiger charge is -2.37. The van der Waals surface area contributed by atoms with Gasteiger partial charge in [0.15, 0.2) is 0 Å². The van der Waals surface area contributed by atoms with Crippen LogP contribution in [0.3, 0.4) is 0 Å². The van der Waals surface area contributed by atoms with E-state index in [1.807, 2.05) is 13.8 Å². The molecule has 1 aromatic rings. The number of carbonyl (C=O) groups excluding carboxylic acids is 2. The highest BCUT2D eigenvalue weighted by Crippen LogP contribution is 2.35. The lowest BCUT2D eigenvalue weighted by atomic mass is 9.91. The number of hydrogen-bond donors (Lipinski definition) is 4. The molecule has 8 nitrogen and oxygen atoms in total. The number of nitrogens with one attached hydrogen (secondary N) is 4. The Labute approximate surface area is 161 Å². The zero-order valence-electron chi connectivity index (χ0n) is 15.0. The summed E-state index contributed by atoms with van der Waals surface area (Å²) in [5.41, 5.74) is 0.525. The normalized spacial score (nSPS) is 25.8. The molecule has 10 heteroatoms. The molecule has 4 atom stereocenters. The van der Waals surface area contributed by atoms with E-state index in [1.54, 1.807) is 0 Å². The second kappa shape index (κ2) is 8.12. The summed E-state index contributed by atoms with van der Waals surface area (Å²) < 4.78 is 14.7. The van der Waals surface area contributed by atoms with Crippen molar-refractivity contribution in [1.82, 2.24) is 20.3 Å². The fourth-order valence-electron chi connectivity index (χ4n) is 3.22. The SMILES string of the molecule is CC1NC(C#N)NCC1[C@H](C)NC(=O)CN1Sc2cc(F)ccc2NC1=O. The van der Waals surface area contributed by atoms with Crippen LogP contribution < -0.4 is 21.3 Å². The molecule has 0 saturated carbocycles. The number of halogens is 1. The van der Waals surface area contributed by atoms with Crippen LogP contribution in [-0.4, -0.2) is 47.6 Å². The molecule has 0 spiro atoms. The zero-order chi connectivity index (χ0) is 19.6. The predicted octanol–water partition coefficient (Wildman–Crippen LogP) is 1.23. The van der Waals surface area contributed by atoms with Gasteiger partial charge in [-0.2, -0.15) is 5.26 Å². The van der Waals surface area contributed by atoms with Gasteiger partial charge in [0.05, 0.1) is 16.7 Å². The van der Waals surface area contributed by atoms with Gasteiger partial charge in [0.25, 0.3) is 0 Å². The standard InChI is InChI=1S/C17H21FN6O2S/c1-9-12(7-20-15(6-19)21-9)10(2)22-16(25)8-24-17(26)23-13-4-3-11(18)5-14(13)27-24/h3-5,9-10,12,15,20-21H,7-8H2,1-2H3,(H,22,25)(H,23,26)/t9?,10-,12?,15?/m0/s1.